The van der Waals surface area contributed by atoms with E-state index in [2.05, 4.69) is 11.9 Å². The van der Waals surface area contributed by atoms with Gasteiger partial charge in [-0.3, -0.25) is 0 Å². The maximum Gasteiger partial charge on any atom is 0.407 e. The Labute approximate surface area is 78.6 Å². The second-order valence-electron chi connectivity index (χ2n) is 2.80. The first-order valence-electron chi connectivity index (χ1n) is 4.35. The quantitative estimate of drug-likeness (QED) is 0.611. The van der Waals surface area contributed by atoms with Gasteiger partial charge in [0, 0.05) is 12.6 Å². The van der Waals surface area contributed by atoms with Crippen molar-refractivity contribution in [2.45, 2.75) is 25.8 Å². The fourth-order valence-corrected chi connectivity index (χ4v) is 0.847. The van der Waals surface area contributed by atoms with E-state index in [4.69, 9.17) is 9.84 Å². The number of carbonyl (C=O) groups is 1. The lowest BCUT2D eigenvalue weighted by atomic mass is 10.2. The molecule has 0 rings (SSSR count). The van der Waals surface area contributed by atoms with Crippen LogP contribution in [-0.2, 0) is 4.74 Å². The Bertz CT molecular complexity index is 159. The minimum Gasteiger partial charge on any atom is -0.445 e. The van der Waals surface area contributed by atoms with E-state index >= 15 is 0 Å². The second kappa shape index (κ2) is 7.61. The van der Waals surface area contributed by atoms with E-state index < -0.39 is 6.09 Å². The fraction of sp³-hybridized carbons (Fsp3) is 0.667. The van der Waals surface area contributed by atoms with E-state index in [0.29, 0.717) is 6.42 Å². The van der Waals surface area contributed by atoms with Gasteiger partial charge in [-0.25, -0.2) is 4.79 Å². The van der Waals surface area contributed by atoms with Crippen molar-refractivity contribution < 1.29 is 14.6 Å². The number of amides is 1. The molecule has 0 aliphatic carbocycles. The number of ether oxygens (including phenoxy) is 1. The molecule has 4 heteroatoms. The lowest BCUT2D eigenvalue weighted by molar-refractivity contribution is 0.153. The highest BCUT2D eigenvalue weighted by Gasteiger charge is 2.06. The molecule has 0 spiro atoms. The molecular weight excluding hydrogens is 170 g/mol. The molecular formula is C9H17NO3. The summed E-state index contributed by atoms with van der Waals surface area (Å²) in [7, 11) is 0. The van der Waals surface area contributed by atoms with Crippen LogP contribution in [0, 0.1) is 0 Å². The van der Waals surface area contributed by atoms with Crippen LogP contribution < -0.4 is 5.32 Å². The smallest absolute Gasteiger partial charge is 0.407 e. The van der Waals surface area contributed by atoms with Crippen molar-refractivity contribution in [3.05, 3.63) is 12.7 Å². The lowest BCUT2D eigenvalue weighted by Crippen LogP contribution is -2.33. The third kappa shape index (κ3) is 7.33. The molecule has 0 fully saturated rings. The van der Waals surface area contributed by atoms with Gasteiger partial charge in [0.25, 0.3) is 0 Å². The summed E-state index contributed by atoms with van der Waals surface area (Å²) in [5.74, 6) is 0. The Hall–Kier alpha value is -1.03. The predicted molar refractivity (Wildman–Crippen MR) is 50.5 cm³/mol. The van der Waals surface area contributed by atoms with Crippen molar-refractivity contribution in [2.75, 3.05) is 13.2 Å². The van der Waals surface area contributed by atoms with Crippen molar-refractivity contribution >= 4 is 6.09 Å². The number of alkyl carbamates (subject to hydrolysis) is 1. The minimum atomic E-state index is -0.440. The van der Waals surface area contributed by atoms with E-state index in [1.807, 2.05) is 6.92 Å². The van der Waals surface area contributed by atoms with Gasteiger partial charge in [0.2, 0.25) is 0 Å². The Kier molecular flexibility index (Phi) is 7.01. The van der Waals surface area contributed by atoms with Crippen LogP contribution in [0.25, 0.3) is 0 Å². The van der Waals surface area contributed by atoms with Crippen LogP contribution in [0.15, 0.2) is 12.7 Å². The first-order valence-corrected chi connectivity index (χ1v) is 4.35. The molecule has 0 bridgehead atoms. The molecule has 0 aliphatic rings. The molecule has 0 aromatic carbocycles. The molecule has 4 nitrogen and oxygen atoms in total. The summed E-state index contributed by atoms with van der Waals surface area (Å²) >= 11 is 0. The molecule has 0 saturated carbocycles. The van der Waals surface area contributed by atoms with Gasteiger partial charge in [-0.2, -0.15) is 0 Å². The van der Waals surface area contributed by atoms with Crippen LogP contribution in [0.3, 0.4) is 0 Å². The van der Waals surface area contributed by atoms with Gasteiger partial charge in [-0.1, -0.05) is 12.7 Å². The van der Waals surface area contributed by atoms with Gasteiger partial charge in [-0.05, 0) is 19.8 Å². The zero-order valence-corrected chi connectivity index (χ0v) is 7.95. The largest absolute Gasteiger partial charge is 0.445 e. The number of nitrogens with one attached hydrogen (secondary N) is 1. The van der Waals surface area contributed by atoms with Crippen molar-refractivity contribution in [1.29, 1.82) is 0 Å². The van der Waals surface area contributed by atoms with Gasteiger partial charge < -0.3 is 15.2 Å². The zero-order chi connectivity index (χ0) is 10.1. The van der Waals surface area contributed by atoms with Crippen molar-refractivity contribution in [3.63, 3.8) is 0 Å². The van der Waals surface area contributed by atoms with Crippen molar-refractivity contribution in [3.8, 4) is 0 Å². The first kappa shape index (κ1) is 12.0. The van der Waals surface area contributed by atoms with E-state index in [-0.39, 0.29) is 19.3 Å². The van der Waals surface area contributed by atoms with E-state index in [1.165, 1.54) is 6.08 Å². The van der Waals surface area contributed by atoms with Gasteiger partial charge in [-0.15, -0.1) is 0 Å². The SMILES string of the molecule is C=CCOC(=O)NC(C)CCCO. The molecule has 0 aromatic heterocycles. The van der Waals surface area contributed by atoms with Gasteiger partial charge in [0.05, 0.1) is 0 Å². The molecule has 1 amide bonds. The summed E-state index contributed by atoms with van der Waals surface area (Å²) in [4.78, 5) is 10.9. The molecule has 76 valence electrons. The number of aliphatic hydroxyl groups excluding tert-OH is 1. The molecule has 2 N–H and O–H groups in total. The highest BCUT2D eigenvalue weighted by atomic mass is 16.5. The van der Waals surface area contributed by atoms with Crippen molar-refractivity contribution in [2.24, 2.45) is 0 Å². The average molecular weight is 187 g/mol. The number of hydrogen-bond donors (Lipinski definition) is 2. The third-order valence-electron chi connectivity index (χ3n) is 1.49. The summed E-state index contributed by atoms with van der Waals surface area (Å²) in [5, 5.41) is 11.2. The number of hydrogen-bond acceptors (Lipinski definition) is 3. The number of rotatable bonds is 6. The monoisotopic (exact) mass is 187 g/mol. The molecule has 0 aliphatic heterocycles. The molecule has 13 heavy (non-hydrogen) atoms. The molecule has 0 saturated heterocycles. The van der Waals surface area contributed by atoms with Crippen LogP contribution >= 0.6 is 0 Å². The average Bonchev–Trinajstić information content (AvgIpc) is 2.11. The standard InChI is InChI=1S/C9H17NO3/c1-3-7-13-9(12)10-8(2)5-4-6-11/h3,8,11H,1,4-7H2,2H3,(H,10,12). The summed E-state index contributed by atoms with van der Waals surface area (Å²) < 4.78 is 4.71. The van der Waals surface area contributed by atoms with Gasteiger partial charge in [0.15, 0.2) is 0 Å². The second-order valence-corrected chi connectivity index (χ2v) is 2.80. The molecule has 1 atom stereocenters. The normalized spacial score (nSPS) is 11.8. The zero-order valence-electron chi connectivity index (χ0n) is 7.95. The molecule has 0 heterocycles. The van der Waals surface area contributed by atoms with Crippen LogP contribution in [-0.4, -0.2) is 30.5 Å². The molecule has 1 unspecified atom stereocenters. The number of carbonyl (C=O) groups excluding carboxylic acids is 1. The fourth-order valence-electron chi connectivity index (χ4n) is 0.847. The van der Waals surface area contributed by atoms with Crippen molar-refractivity contribution in [1.82, 2.24) is 5.32 Å². The maximum atomic E-state index is 10.9. The van der Waals surface area contributed by atoms with E-state index in [0.717, 1.165) is 6.42 Å². The van der Waals surface area contributed by atoms with Crippen LogP contribution in [0.4, 0.5) is 4.79 Å². The maximum absolute atomic E-state index is 10.9. The molecule has 0 radical (unpaired) electrons. The van der Waals surface area contributed by atoms with Crippen LogP contribution in [0.5, 0.6) is 0 Å². The summed E-state index contributed by atoms with van der Waals surface area (Å²) in [5.41, 5.74) is 0. The molecule has 0 aromatic rings. The summed E-state index contributed by atoms with van der Waals surface area (Å²) in [6, 6.07) is 0.0319. The Morgan fingerprint density at radius 3 is 3.00 bits per heavy atom. The Morgan fingerprint density at radius 2 is 2.46 bits per heavy atom. The summed E-state index contributed by atoms with van der Waals surface area (Å²) in [6.07, 6.45) is 2.51. The van der Waals surface area contributed by atoms with E-state index in [9.17, 15) is 4.79 Å². The Balaban J connectivity index is 3.46. The topological polar surface area (TPSA) is 58.6 Å². The highest BCUT2D eigenvalue weighted by molar-refractivity contribution is 5.67. The highest BCUT2D eigenvalue weighted by Crippen LogP contribution is 1.95. The van der Waals surface area contributed by atoms with Gasteiger partial charge >= 0.3 is 6.09 Å². The number of aliphatic hydroxyl groups is 1. The Morgan fingerprint density at radius 1 is 1.77 bits per heavy atom. The first-order chi connectivity index (χ1) is 6.20. The van der Waals surface area contributed by atoms with Crippen LogP contribution in [0.2, 0.25) is 0 Å². The van der Waals surface area contributed by atoms with E-state index in [1.54, 1.807) is 0 Å². The summed E-state index contributed by atoms with van der Waals surface area (Å²) in [6.45, 7) is 5.66. The predicted octanol–water partition coefficient (Wildman–Crippen LogP) is 1.06. The van der Waals surface area contributed by atoms with Crippen LogP contribution in [0.1, 0.15) is 19.8 Å². The van der Waals surface area contributed by atoms with Gasteiger partial charge in [0.1, 0.15) is 6.61 Å². The third-order valence-corrected chi connectivity index (χ3v) is 1.49. The lowest BCUT2D eigenvalue weighted by Gasteiger charge is -2.12. The minimum absolute atomic E-state index is 0.0319.